The molecular weight excluding hydrogens is 236 g/mol. The lowest BCUT2D eigenvalue weighted by Crippen LogP contribution is -2.13. The third-order valence-corrected chi connectivity index (χ3v) is 3.17. The fourth-order valence-corrected chi connectivity index (χ4v) is 1.77. The maximum atomic E-state index is 11.1. The van der Waals surface area contributed by atoms with Crippen molar-refractivity contribution in [1.82, 2.24) is 9.97 Å². The van der Waals surface area contributed by atoms with Gasteiger partial charge in [-0.25, -0.2) is 4.98 Å². The molecule has 15 heavy (non-hydrogen) atoms. The van der Waals surface area contributed by atoms with Crippen molar-refractivity contribution in [3.63, 3.8) is 0 Å². The molecule has 0 spiro atoms. The van der Waals surface area contributed by atoms with Gasteiger partial charge < -0.3 is 11.1 Å². The minimum atomic E-state index is -0.781. The van der Waals surface area contributed by atoms with E-state index in [9.17, 15) is 4.21 Å². The van der Waals surface area contributed by atoms with Crippen molar-refractivity contribution in [2.24, 2.45) is 0 Å². The summed E-state index contributed by atoms with van der Waals surface area (Å²) in [5.41, 5.74) is 5.41. The van der Waals surface area contributed by atoms with Crippen molar-refractivity contribution in [2.45, 2.75) is 6.92 Å². The van der Waals surface area contributed by atoms with E-state index in [1.54, 1.807) is 6.07 Å². The van der Waals surface area contributed by atoms with E-state index in [-0.39, 0.29) is 5.95 Å². The summed E-state index contributed by atoms with van der Waals surface area (Å²) < 4.78 is 11.1. The van der Waals surface area contributed by atoms with Gasteiger partial charge in [-0.1, -0.05) is 18.5 Å². The topological polar surface area (TPSA) is 80.9 Å². The van der Waals surface area contributed by atoms with Crippen LogP contribution >= 0.6 is 11.6 Å². The first kappa shape index (κ1) is 12.2. The Bertz CT molecular complexity index is 340. The first-order valence-electron chi connectivity index (χ1n) is 4.50. The van der Waals surface area contributed by atoms with Crippen molar-refractivity contribution in [3.8, 4) is 0 Å². The lowest BCUT2D eigenvalue weighted by molar-refractivity contribution is 0.684. The summed E-state index contributed by atoms with van der Waals surface area (Å²) in [4.78, 5) is 7.65. The Morgan fingerprint density at radius 1 is 1.60 bits per heavy atom. The Balaban J connectivity index is 2.47. The molecule has 1 rings (SSSR count). The molecule has 0 aliphatic rings. The molecule has 0 bridgehead atoms. The summed E-state index contributed by atoms with van der Waals surface area (Å²) in [7, 11) is -0.781. The first-order chi connectivity index (χ1) is 7.11. The van der Waals surface area contributed by atoms with Gasteiger partial charge in [0.2, 0.25) is 5.95 Å². The van der Waals surface area contributed by atoms with E-state index in [1.807, 2.05) is 6.92 Å². The predicted octanol–water partition coefficient (Wildman–Crippen LogP) is 0.893. The maximum absolute atomic E-state index is 11.1. The zero-order valence-electron chi connectivity index (χ0n) is 8.36. The molecule has 0 amide bonds. The van der Waals surface area contributed by atoms with Crippen LogP contribution in [0.2, 0.25) is 5.15 Å². The Hall–Kier alpha value is -0.880. The smallest absolute Gasteiger partial charge is 0.223 e. The average molecular weight is 249 g/mol. The van der Waals surface area contributed by atoms with E-state index in [0.29, 0.717) is 29.0 Å². The molecule has 7 heteroatoms. The number of nitrogen functional groups attached to an aromatic ring is 1. The lowest BCUT2D eigenvalue weighted by atomic mass is 10.5. The van der Waals surface area contributed by atoms with E-state index in [4.69, 9.17) is 17.3 Å². The van der Waals surface area contributed by atoms with Crippen molar-refractivity contribution in [3.05, 3.63) is 11.2 Å². The molecule has 1 unspecified atom stereocenters. The molecule has 0 aromatic carbocycles. The molecule has 1 heterocycles. The van der Waals surface area contributed by atoms with Gasteiger partial charge in [0.05, 0.1) is 0 Å². The van der Waals surface area contributed by atoms with Gasteiger partial charge in [0.25, 0.3) is 0 Å². The Kier molecular flexibility index (Phi) is 4.77. The van der Waals surface area contributed by atoms with Crippen LogP contribution in [0.1, 0.15) is 6.92 Å². The van der Waals surface area contributed by atoms with Crippen molar-refractivity contribution >= 4 is 34.2 Å². The SMILES string of the molecule is CCS(=O)CCNc1cc(Cl)nc(N)n1. The number of halogens is 1. The number of hydrogen-bond donors (Lipinski definition) is 2. The van der Waals surface area contributed by atoms with E-state index in [2.05, 4.69) is 15.3 Å². The Labute approximate surface area is 95.9 Å². The summed E-state index contributed by atoms with van der Waals surface area (Å²) in [5, 5.41) is 3.28. The molecule has 84 valence electrons. The molecule has 0 saturated heterocycles. The number of aromatic nitrogens is 2. The van der Waals surface area contributed by atoms with Crippen molar-refractivity contribution < 1.29 is 4.21 Å². The molecule has 0 saturated carbocycles. The highest BCUT2D eigenvalue weighted by Crippen LogP contribution is 2.11. The van der Waals surface area contributed by atoms with Crippen LogP contribution in [0.25, 0.3) is 0 Å². The summed E-state index contributed by atoms with van der Waals surface area (Å²) in [6.45, 7) is 2.46. The fourth-order valence-electron chi connectivity index (χ4n) is 0.963. The summed E-state index contributed by atoms with van der Waals surface area (Å²) in [5.74, 6) is 1.93. The second-order valence-electron chi connectivity index (χ2n) is 2.79. The van der Waals surface area contributed by atoms with Crippen LogP contribution in [0.3, 0.4) is 0 Å². The minimum Gasteiger partial charge on any atom is -0.369 e. The van der Waals surface area contributed by atoms with E-state index in [0.717, 1.165) is 0 Å². The van der Waals surface area contributed by atoms with E-state index < -0.39 is 10.8 Å². The Morgan fingerprint density at radius 2 is 2.33 bits per heavy atom. The Morgan fingerprint density at radius 3 is 2.93 bits per heavy atom. The summed E-state index contributed by atoms with van der Waals surface area (Å²) in [6, 6.07) is 1.58. The quantitative estimate of drug-likeness (QED) is 0.757. The standard InChI is InChI=1S/C8H13ClN4OS/c1-2-15(14)4-3-11-7-5-6(9)12-8(10)13-7/h5H,2-4H2,1H3,(H3,10,11,12,13). The normalized spacial score (nSPS) is 12.4. The lowest BCUT2D eigenvalue weighted by Gasteiger charge is -2.05. The van der Waals surface area contributed by atoms with Gasteiger partial charge in [-0.3, -0.25) is 4.21 Å². The van der Waals surface area contributed by atoms with E-state index in [1.165, 1.54) is 0 Å². The molecule has 0 aliphatic heterocycles. The third kappa shape index (κ3) is 4.44. The number of nitrogens with zero attached hydrogens (tertiary/aromatic N) is 2. The number of hydrogen-bond acceptors (Lipinski definition) is 5. The number of rotatable bonds is 5. The monoisotopic (exact) mass is 248 g/mol. The van der Waals surface area contributed by atoms with Crippen LogP contribution in [-0.2, 0) is 10.8 Å². The average Bonchev–Trinajstić information content (AvgIpc) is 2.16. The molecular formula is C8H13ClN4OS. The first-order valence-corrected chi connectivity index (χ1v) is 6.37. The maximum Gasteiger partial charge on any atom is 0.223 e. The van der Waals surface area contributed by atoms with Crippen LogP contribution in [0, 0.1) is 0 Å². The molecule has 0 radical (unpaired) electrons. The summed E-state index contributed by atoms with van der Waals surface area (Å²) >= 11 is 5.69. The third-order valence-electron chi connectivity index (χ3n) is 1.67. The molecule has 3 N–H and O–H groups in total. The van der Waals surface area contributed by atoms with Crippen molar-refractivity contribution in [2.75, 3.05) is 29.1 Å². The molecule has 1 atom stereocenters. The van der Waals surface area contributed by atoms with Gasteiger partial charge in [0.1, 0.15) is 11.0 Å². The van der Waals surface area contributed by atoms with Crippen molar-refractivity contribution in [1.29, 1.82) is 0 Å². The van der Waals surface area contributed by atoms with Gasteiger partial charge in [-0.05, 0) is 0 Å². The molecule has 1 aromatic rings. The largest absolute Gasteiger partial charge is 0.369 e. The van der Waals surface area contributed by atoms with Crippen LogP contribution in [-0.4, -0.2) is 32.2 Å². The zero-order chi connectivity index (χ0) is 11.3. The van der Waals surface area contributed by atoms with Gasteiger partial charge >= 0.3 is 0 Å². The second-order valence-corrected chi connectivity index (χ2v) is 5.05. The van der Waals surface area contributed by atoms with Gasteiger partial charge in [-0.15, -0.1) is 0 Å². The van der Waals surface area contributed by atoms with Crippen LogP contribution < -0.4 is 11.1 Å². The number of nitrogens with one attached hydrogen (secondary N) is 1. The molecule has 0 fully saturated rings. The highest BCUT2D eigenvalue weighted by atomic mass is 35.5. The highest BCUT2D eigenvalue weighted by molar-refractivity contribution is 7.84. The van der Waals surface area contributed by atoms with Crippen LogP contribution in [0.5, 0.6) is 0 Å². The predicted molar refractivity (Wildman–Crippen MR) is 63.5 cm³/mol. The van der Waals surface area contributed by atoms with Gasteiger partial charge in [0.15, 0.2) is 0 Å². The molecule has 0 aliphatic carbocycles. The fraction of sp³-hybridized carbons (Fsp3) is 0.500. The molecule has 5 nitrogen and oxygen atoms in total. The van der Waals surface area contributed by atoms with Gasteiger partial charge in [0, 0.05) is 34.9 Å². The summed E-state index contributed by atoms with van der Waals surface area (Å²) in [6.07, 6.45) is 0. The van der Waals surface area contributed by atoms with E-state index >= 15 is 0 Å². The zero-order valence-corrected chi connectivity index (χ0v) is 9.94. The second kappa shape index (κ2) is 5.87. The number of anilines is 2. The van der Waals surface area contributed by atoms with Gasteiger partial charge in [-0.2, -0.15) is 4.98 Å². The highest BCUT2D eigenvalue weighted by Gasteiger charge is 2.00. The minimum absolute atomic E-state index is 0.126. The van der Waals surface area contributed by atoms with Crippen LogP contribution in [0.4, 0.5) is 11.8 Å². The molecule has 1 aromatic heterocycles. The number of nitrogens with two attached hydrogens (primary N) is 1. The van der Waals surface area contributed by atoms with Crippen LogP contribution in [0.15, 0.2) is 6.07 Å².